The Kier molecular flexibility index (Phi) is 4.54. The molecule has 2 rings (SSSR count). The summed E-state index contributed by atoms with van der Waals surface area (Å²) in [4.78, 5) is 3.98. The van der Waals surface area contributed by atoms with E-state index in [4.69, 9.17) is 4.74 Å². The topological polar surface area (TPSA) is 59.5 Å². The molecule has 19 heavy (non-hydrogen) atoms. The Bertz CT molecular complexity index is 504. The molecule has 0 amide bonds. The van der Waals surface area contributed by atoms with Crippen LogP contribution in [0.1, 0.15) is 18.9 Å². The fraction of sp³-hybridized carbons (Fsp3) is 0.615. The molecule has 2 heterocycles. The van der Waals surface area contributed by atoms with Gasteiger partial charge in [-0.25, -0.2) is 8.42 Å². The molecule has 1 aliphatic rings. The maximum Gasteiger partial charge on any atom is 0.214 e. The monoisotopic (exact) mass is 284 g/mol. The van der Waals surface area contributed by atoms with Gasteiger partial charge in [-0.1, -0.05) is 0 Å². The standard InChI is InChI=1S/C13H20N2O3S/c1-3-19(16,17)15-9-6-13(18-2)12(15)10-11-4-7-14-8-5-11/h4-5,7-8,12-13H,3,6,9-10H2,1-2H3/t12-,13-/m1/s1. The van der Waals surface area contributed by atoms with Gasteiger partial charge in [0.1, 0.15) is 0 Å². The highest BCUT2D eigenvalue weighted by Crippen LogP contribution is 2.26. The van der Waals surface area contributed by atoms with Gasteiger partial charge in [0, 0.05) is 26.0 Å². The zero-order valence-corrected chi connectivity index (χ0v) is 12.1. The van der Waals surface area contributed by atoms with Gasteiger partial charge in [-0.3, -0.25) is 4.98 Å². The van der Waals surface area contributed by atoms with Crippen LogP contribution in [0.25, 0.3) is 0 Å². The summed E-state index contributed by atoms with van der Waals surface area (Å²) in [7, 11) is -1.53. The summed E-state index contributed by atoms with van der Waals surface area (Å²) < 4.78 is 31.3. The first-order chi connectivity index (χ1) is 9.08. The lowest BCUT2D eigenvalue weighted by molar-refractivity contribution is 0.0810. The zero-order valence-electron chi connectivity index (χ0n) is 11.3. The van der Waals surface area contributed by atoms with E-state index < -0.39 is 10.0 Å². The van der Waals surface area contributed by atoms with E-state index in [1.807, 2.05) is 12.1 Å². The molecule has 5 nitrogen and oxygen atoms in total. The second kappa shape index (κ2) is 5.98. The Labute approximate surface area is 114 Å². The van der Waals surface area contributed by atoms with Crippen LogP contribution in [0.4, 0.5) is 0 Å². The molecule has 0 bridgehead atoms. The van der Waals surface area contributed by atoms with Crippen molar-refractivity contribution in [2.75, 3.05) is 19.4 Å². The van der Waals surface area contributed by atoms with Crippen LogP contribution in [0.2, 0.25) is 0 Å². The van der Waals surface area contributed by atoms with Gasteiger partial charge >= 0.3 is 0 Å². The minimum absolute atomic E-state index is 0.0329. The number of sulfonamides is 1. The number of nitrogens with zero attached hydrogens (tertiary/aromatic N) is 2. The second-order valence-electron chi connectivity index (χ2n) is 4.70. The number of ether oxygens (including phenoxy) is 1. The third kappa shape index (κ3) is 3.13. The third-order valence-electron chi connectivity index (χ3n) is 3.65. The highest BCUT2D eigenvalue weighted by atomic mass is 32.2. The third-order valence-corrected chi connectivity index (χ3v) is 5.55. The van der Waals surface area contributed by atoms with Crippen LogP contribution in [-0.2, 0) is 21.2 Å². The molecule has 1 aromatic rings. The van der Waals surface area contributed by atoms with Crippen LogP contribution in [0, 0.1) is 0 Å². The van der Waals surface area contributed by atoms with Crippen molar-refractivity contribution < 1.29 is 13.2 Å². The van der Waals surface area contributed by atoms with Gasteiger partial charge < -0.3 is 4.74 Å². The Morgan fingerprint density at radius 2 is 2.11 bits per heavy atom. The van der Waals surface area contributed by atoms with E-state index in [-0.39, 0.29) is 17.9 Å². The molecule has 0 unspecified atom stereocenters. The molecule has 0 spiro atoms. The summed E-state index contributed by atoms with van der Waals surface area (Å²) in [5, 5.41) is 0. The van der Waals surface area contributed by atoms with Crippen molar-refractivity contribution >= 4 is 10.0 Å². The van der Waals surface area contributed by atoms with Gasteiger partial charge in [0.2, 0.25) is 10.0 Å². The molecule has 0 aliphatic carbocycles. The molecular formula is C13H20N2O3S. The van der Waals surface area contributed by atoms with E-state index in [9.17, 15) is 8.42 Å². The molecule has 0 saturated carbocycles. The van der Waals surface area contributed by atoms with Crippen molar-refractivity contribution in [3.63, 3.8) is 0 Å². The molecule has 1 fully saturated rings. The van der Waals surface area contributed by atoms with Crippen LogP contribution >= 0.6 is 0 Å². The predicted molar refractivity (Wildman–Crippen MR) is 73.3 cm³/mol. The smallest absolute Gasteiger partial charge is 0.214 e. The molecular weight excluding hydrogens is 264 g/mol. The lowest BCUT2D eigenvalue weighted by Crippen LogP contribution is -2.42. The Hall–Kier alpha value is -0.980. The number of pyridine rings is 1. The van der Waals surface area contributed by atoms with Crippen molar-refractivity contribution in [2.24, 2.45) is 0 Å². The van der Waals surface area contributed by atoms with Crippen LogP contribution in [0.15, 0.2) is 24.5 Å². The first kappa shape index (κ1) is 14.4. The second-order valence-corrected chi connectivity index (χ2v) is 6.91. The lowest BCUT2D eigenvalue weighted by Gasteiger charge is -2.26. The molecule has 1 saturated heterocycles. The summed E-state index contributed by atoms with van der Waals surface area (Å²) in [5.41, 5.74) is 1.08. The van der Waals surface area contributed by atoms with Crippen LogP contribution in [0.3, 0.4) is 0 Å². The average molecular weight is 284 g/mol. The number of hydrogen-bond acceptors (Lipinski definition) is 4. The van der Waals surface area contributed by atoms with Gasteiger partial charge in [-0.05, 0) is 37.5 Å². The number of methoxy groups -OCH3 is 1. The number of aromatic nitrogens is 1. The number of rotatable bonds is 5. The Morgan fingerprint density at radius 1 is 1.42 bits per heavy atom. The first-order valence-corrected chi connectivity index (χ1v) is 8.10. The quantitative estimate of drug-likeness (QED) is 0.811. The first-order valence-electron chi connectivity index (χ1n) is 6.49. The Balaban J connectivity index is 2.22. The summed E-state index contributed by atoms with van der Waals surface area (Å²) >= 11 is 0. The van der Waals surface area contributed by atoms with E-state index in [1.54, 1.807) is 30.7 Å². The van der Waals surface area contributed by atoms with E-state index in [2.05, 4.69) is 4.98 Å². The van der Waals surface area contributed by atoms with Crippen molar-refractivity contribution in [3.8, 4) is 0 Å². The van der Waals surface area contributed by atoms with Crippen LogP contribution in [0.5, 0.6) is 0 Å². The van der Waals surface area contributed by atoms with E-state index in [0.29, 0.717) is 13.0 Å². The summed E-state index contributed by atoms with van der Waals surface area (Å²) in [6.45, 7) is 2.23. The average Bonchev–Trinajstić information content (AvgIpc) is 2.83. The normalized spacial score (nSPS) is 24.7. The summed E-state index contributed by atoms with van der Waals surface area (Å²) in [6, 6.07) is 3.72. The SMILES string of the molecule is CCS(=O)(=O)N1CC[C@@H](OC)[C@H]1Cc1ccncc1. The van der Waals surface area contributed by atoms with Crippen molar-refractivity contribution in [1.82, 2.24) is 9.29 Å². The molecule has 0 N–H and O–H groups in total. The van der Waals surface area contributed by atoms with Crippen molar-refractivity contribution in [2.45, 2.75) is 31.9 Å². The van der Waals surface area contributed by atoms with Gasteiger partial charge in [0.25, 0.3) is 0 Å². The molecule has 0 aromatic carbocycles. The molecule has 6 heteroatoms. The predicted octanol–water partition coefficient (Wildman–Crippen LogP) is 1.06. The fourth-order valence-electron chi connectivity index (χ4n) is 2.58. The zero-order chi connectivity index (χ0) is 13.9. The highest BCUT2D eigenvalue weighted by Gasteiger charge is 2.40. The van der Waals surface area contributed by atoms with E-state index in [1.165, 1.54) is 0 Å². The van der Waals surface area contributed by atoms with Gasteiger partial charge in [0.15, 0.2) is 0 Å². The number of hydrogen-bond donors (Lipinski definition) is 0. The molecule has 0 radical (unpaired) electrons. The van der Waals surface area contributed by atoms with Crippen molar-refractivity contribution in [1.29, 1.82) is 0 Å². The lowest BCUT2D eigenvalue weighted by atomic mass is 10.0. The molecule has 1 aliphatic heterocycles. The van der Waals surface area contributed by atoms with Crippen LogP contribution < -0.4 is 0 Å². The largest absolute Gasteiger partial charge is 0.380 e. The Morgan fingerprint density at radius 3 is 2.68 bits per heavy atom. The maximum atomic E-state index is 12.1. The van der Waals surface area contributed by atoms with Gasteiger partial charge in [-0.2, -0.15) is 4.31 Å². The maximum absolute atomic E-state index is 12.1. The van der Waals surface area contributed by atoms with Gasteiger partial charge in [0.05, 0.1) is 17.9 Å². The minimum Gasteiger partial charge on any atom is -0.380 e. The summed E-state index contributed by atoms with van der Waals surface area (Å²) in [6.07, 6.45) is 4.84. The van der Waals surface area contributed by atoms with Crippen molar-refractivity contribution in [3.05, 3.63) is 30.1 Å². The summed E-state index contributed by atoms with van der Waals surface area (Å²) in [5.74, 6) is 0.135. The van der Waals surface area contributed by atoms with Gasteiger partial charge in [-0.15, -0.1) is 0 Å². The minimum atomic E-state index is -3.17. The van der Waals surface area contributed by atoms with E-state index >= 15 is 0 Å². The van der Waals surface area contributed by atoms with E-state index in [0.717, 1.165) is 12.0 Å². The molecule has 1 aromatic heterocycles. The molecule has 2 atom stereocenters. The molecule has 106 valence electrons. The van der Waals surface area contributed by atoms with Crippen LogP contribution in [-0.4, -0.2) is 49.3 Å². The fourth-order valence-corrected chi connectivity index (χ4v) is 3.92. The highest BCUT2D eigenvalue weighted by molar-refractivity contribution is 7.89.